The number of hydrogen-bond acceptors (Lipinski definition) is 2. The first-order valence-corrected chi connectivity index (χ1v) is 11.6. The van der Waals surface area contributed by atoms with Crippen molar-refractivity contribution in [2.24, 2.45) is 0 Å². The number of rotatable bonds is 9. The number of nitrogens with zero attached hydrogens (tertiary/aromatic N) is 2. The van der Waals surface area contributed by atoms with Crippen LogP contribution >= 0.6 is 0 Å². The molecule has 1 saturated heterocycles. The van der Waals surface area contributed by atoms with Crippen LogP contribution in [0.1, 0.15) is 54.9 Å². The molecule has 2 aromatic rings. The van der Waals surface area contributed by atoms with Gasteiger partial charge in [-0.05, 0) is 61.1 Å². The monoisotopic (exact) mass is 432 g/mol. The van der Waals surface area contributed by atoms with Gasteiger partial charge in [-0.1, -0.05) is 50.5 Å². The molecule has 0 atom stereocenters. The summed E-state index contributed by atoms with van der Waals surface area (Å²) in [4.78, 5) is 4.48. The van der Waals surface area contributed by atoms with Gasteiger partial charge < -0.3 is 4.90 Å². The number of hydrogen-bond donors (Lipinski definition) is 0. The number of alkyl halides is 3. The van der Waals surface area contributed by atoms with Crippen molar-refractivity contribution in [3.63, 3.8) is 0 Å². The minimum atomic E-state index is -4.29. The fraction of sp³-hybridized carbons (Fsp3) is 0.538. The van der Waals surface area contributed by atoms with Crippen molar-refractivity contribution < 1.29 is 13.2 Å². The molecule has 0 aromatic heterocycles. The Morgan fingerprint density at radius 3 is 2.35 bits per heavy atom. The van der Waals surface area contributed by atoms with Gasteiger partial charge in [-0.25, -0.2) is 0 Å². The highest BCUT2D eigenvalue weighted by Gasteiger charge is 2.31. The number of aryl methyl sites for hydroxylation is 2. The average Bonchev–Trinajstić information content (AvgIpc) is 2.77. The van der Waals surface area contributed by atoms with Gasteiger partial charge >= 0.3 is 6.18 Å². The maximum Gasteiger partial charge on any atom is 0.416 e. The van der Waals surface area contributed by atoms with Gasteiger partial charge in [-0.2, -0.15) is 13.2 Å². The van der Waals surface area contributed by atoms with Crippen molar-refractivity contribution in [3.8, 4) is 0 Å². The Kier molecular flexibility index (Phi) is 8.42. The SMILES string of the molecule is CCCCCCc1cc(CCN2CCN(c3cccc(C(F)(F)F)c3)CC2)ccc1C. The number of piperazine rings is 1. The smallest absolute Gasteiger partial charge is 0.369 e. The van der Waals surface area contributed by atoms with Crippen LogP contribution in [0.5, 0.6) is 0 Å². The molecule has 0 N–H and O–H groups in total. The molecule has 0 radical (unpaired) electrons. The van der Waals surface area contributed by atoms with E-state index in [1.165, 1.54) is 54.5 Å². The number of anilines is 1. The lowest BCUT2D eigenvalue weighted by Crippen LogP contribution is -2.47. The highest BCUT2D eigenvalue weighted by Crippen LogP contribution is 2.31. The first-order valence-electron chi connectivity index (χ1n) is 11.6. The average molecular weight is 433 g/mol. The number of halogens is 3. The summed E-state index contributed by atoms with van der Waals surface area (Å²) in [5, 5.41) is 0. The van der Waals surface area contributed by atoms with Crippen molar-refractivity contribution in [3.05, 3.63) is 64.7 Å². The highest BCUT2D eigenvalue weighted by atomic mass is 19.4. The molecule has 5 heteroatoms. The molecule has 0 aliphatic carbocycles. The predicted molar refractivity (Wildman–Crippen MR) is 123 cm³/mol. The molecule has 3 rings (SSSR count). The minimum Gasteiger partial charge on any atom is -0.369 e. The van der Waals surface area contributed by atoms with Crippen LogP contribution in [0.25, 0.3) is 0 Å². The lowest BCUT2D eigenvalue weighted by Gasteiger charge is -2.36. The van der Waals surface area contributed by atoms with Crippen LogP contribution in [0.2, 0.25) is 0 Å². The quantitative estimate of drug-likeness (QED) is 0.417. The summed E-state index contributed by atoms with van der Waals surface area (Å²) < 4.78 is 39.0. The lowest BCUT2D eigenvalue weighted by molar-refractivity contribution is -0.137. The second-order valence-corrected chi connectivity index (χ2v) is 8.70. The van der Waals surface area contributed by atoms with Gasteiger partial charge in [0.2, 0.25) is 0 Å². The Balaban J connectivity index is 1.48. The fourth-order valence-corrected chi connectivity index (χ4v) is 4.29. The molecule has 0 bridgehead atoms. The van der Waals surface area contributed by atoms with Crippen molar-refractivity contribution >= 4 is 5.69 Å². The van der Waals surface area contributed by atoms with Gasteiger partial charge in [0.05, 0.1) is 5.56 Å². The molecular formula is C26H35F3N2. The first kappa shape index (κ1) is 23.6. The summed E-state index contributed by atoms with van der Waals surface area (Å²) in [6.07, 6.45) is 3.03. The van der Waals surface area contributed by atoms with E-state index in [1.807, 2.05) is 0 Å². The summed E-state index contributed by atoms with van der Waals surface area (Å²) in [5.41, 5.74) is 4.34. The number of unbranched alkanes of at least 4 members (excludes halogenated alkanes) is 3. The maximum atomic E-state index is 13.0. The zero-order valence-electron chi connectivity index (χ0n) is 18.8. The molecule has 0 amide bonds. The van der Waals surface area contributed by atoms with Crippen LogP contribution in [-0.2, 0) is 19.0 Å². The largest absolute Gasteiger partial charge is 0.416 e. The molecule has 0 unspecified atom stereocenters. The molecule has 1 aliphatic rings. The van der Waals surface area contributed by atoms with Crippen LogP contribution < -0.4 is 4.90 Å². The molecule has 2 aromatic carbocycles. The van der Waals surface area contributed by atoms with Gasteiger partial charge in [-0.3, -0.25) is 4.90 Å². The molecule has 31 heavy (non-hydrogen) atoms. The Morgan fingerprint density at radius 2 is 1.65 bits per heavy atom. The van der Waals surface area contributed by atoms with E-state index in [1.54, 1.807) is 6.07 Å². The topological polar surface area (TPSA) is 6.48 Å². The van der Waals surface area contributed by atoms with Crippen molar-refractivity contribution in [1.82, 2.24) is 4.90 Å². The summed E-state index contributed by atoms with van der Waals surface area (Å²) in [6.45, 7) is 8.72. The molecule has 0 saturated carbocycles. The molecule has 2 nitrogen and oxygen atoms in total. The molecular weight excluding hydrogens is 397 g/mol. The third-order valence-corrected chi connectivity index (χ3v) is 6.34. The minimum absolute atomic E-state index is 0.572. The van der Waals surface area contributed by atoms with Crippen LogP contribution in [0.15, 0.2) is 42.5 Å². The van der Waals surface area contributed by atoms with Crippen molar-refractivity contribution in [1.29, 1.82) is 0 Å². The van der Waals surface area contributed by atoms with Crippen LogP contribution in [0, 0.1) is 6.92 Å². The fourth-order valence-electron chi connectivity index (χ4n) is 4.29. The zero-order valence-corrected chi connectivity index (χ0v) is 18.8. The molecule has 1 heterocycles. The van der Waals surface area contributed by atoms with Crippen LogP contribution in [0.4, 0.5) is 18.9 Å². The van der Waals surface area contributed by atoms with Crippen molar-refractivity contribution in [2.75, 3.05) is 37.6 Å². The summed E-state index contributed by atoms with van der Waals surface area (Å²) in [7, 11) is 0. The third-order valence-electron chi connectivity index (χ3n) is 6.34. The second kappa shape index (κ2) is 11.0. The van der Waals surface area contributed by atoms with Gasteiger partial charge in [0, 0.05) is 38.4 Å². The first-order chi connectivity index (χ1) is 14.9. The van der Waals surface area contributed by atoms with E-state index in [9.17, 15) is 13.2 Å². The molecule has 1 fully saturated rings. The summed E-state index contributed by atoms with van der Waals surface area (Å²) in [5.74, 6) is 0. The highest BCUT2D eigenvalue weighted by molar-refractivity contribution is 5.49. The lowest BCUT2D eigenvalue weighted by atomic mass is 9.98. The molecule has 1 aliphatic heterocycles. The number of benzene rings is 2. The summed E-state index contributed by atoms with van der Waals surface area (Å²) in [6, 6.07) is 12.5. The standard InChI is InChI=1S/C26H35F3N2/c1-3-4-5-6-8-23-19-22(12-11-21(23)2)13-14-30-15-17-31(18-16-30)25-10-7-9-24(20-25)26(27,28)29/h7,9-12,19-20H,3-6,8,13-18H2,1-2H3. The van der Waals surface area contributed by atoms with E-state index in [2.05, 4.69) is 41.8 Å². The van der Waals surface area contributed by atoms with E-state index in [0.29, 0.717) is 5.69 Å². The van der Waals surface area contributed by atoms with Gasteiger partial charge in [0.25, 0.3) is 0 Å². The van der Waals surface area contributed by atoms with Crippen LogP contribution in [0.3, 0.4) is 0 Å². The van der Waals surface area contributed by atoms with Crippen LogP contribution in [-0.4, -0.2) is 37.6 Å². The Hall–Kier alpha value is -2.01. The van der Waals surface area contributed by atoms with E-state index in [4.69, 9.17) is 0 Å². The van der Waals surface area contributed by atoms with Gasteiger partial charge in [0.15, 0.2) is 0 Å². The Morgan fingerprint density at radius 1 is 0.871 bits per heavy atom. The van der Waals surface area contributed by atoms with Gasteiger partial charge in [0.1, 0.15) is 0 Å². The molecule has 0 spiro atoms. The van der Waals surface area contributed by atoms with Crippen molar-refractivity contribution in [2.45, 2.75) is 58.5 Å². The third kappa shape index (κ3) is 6.99. The summed E-state index contributed by atoms with van der Waals surface area (Å²) >= 11 is 0. The maximum absolute atomic E-state index is 13.0. The van der Waals surface area contributed by atoms with E-state index in [-0.39, 0.29) is 0 Å². The zero-order chi connectivity index (χ0) is 22.3. The Labute approximate surface area is 185 Å². The Bertz CT molecular complexity index is 824. The molecule has 170 valence electrons. The normalized spacial score (nSPS) is 15.5. The second-order valence-electron chi connectivity index (χ2n) is 8.70. The predicted octanol–water partition coefficient (Wildman–Crippen LogP) is 6.50. The van der Waals surface area contributed by atoms with Gasteiger partial charge in [-0.15, -0.1) is 0 Å². The van der Waals surface area contributed by atoms with E-state index >= 15 is 0 Å². The van der Waals surface area contributed by atoms with E-state index in [0.717, 1.165) is 51.6 Å². The van der Waals surface area contributed by atoms with E-state index < -0.39 is 11.7 Å².